The highest BCUT2D eigenvalue weighted by molar-refractivity contribution is 6.04. The van der Waals surface area contributed by atoms with E-state index in [-0.39, 0.29) is 11.3 Å². The number of carbonyl (C=O) groups excluding carboxylic acids is 1. The van der Waals surface area contributed by atoms with Crippen molar-refractivity contribution in [1.82, 2.24) is 15.6 Å². The molecule has 7 nitrogen and oxygen atoms in total. The fraction of sp³-hybridized carbons (Fsp3) is 0.200. The van der Waals surface area contributed by atoms with Crippen molar-refractivity contribution in [2.75, 3.05) is 18.0 Å². The largest absolute Gasteiger partial charge is 0.372 e. The van der Waals surface area contributed by atoms with Crippen LogP contribution in [0.4, 0.5) is 5.69 Å². The first kappa shape index (κ1) is 18.3. The first-order valence-electron chi connectivity index (χ1n) is 8.79. The van der Waals surface area contributed by atoms with Gasteiger partial charge in [-0.25, -0.2) is 10.5 Å². The molecule has 0 radical (unpaired) electrons. The molecule has 0 spiro atoms. The summed E-state index contributed by atoms with van der Waals surface area (Å²) in [6.07, 6.45) is 1.57. The molecule has 138 valence electrons. The summed E-state index contributed by atoms with van der Waals surface area (Å²) in [5.74, 6) is -0.488. The van der Waals surface area contributed by atoms with Crippen molar-refractivity contribution in [3.05, 3.63) is 70.1 Å². The molecule has 1 amide bonds. The van der Waals surface area contributed by atoms with E-state index in [0.717, 1.165) is 24.3 Å². The van der Waals surface area contributed by atoms with E-state index < -0.39 is 5.91 Å². The quantitative estimate of drug-likeness (QED) is 0.520. The molecule has 0 aliphatic rings. The fourth-order valence-electron chi connectivity index (χ4n) is 2.87. The maximum atomic E-state index is 12.4. The van der Waals surface area contributed by atoms with Crippen LogP contribution in [0.15, 0.2) is 58.4 Å². The van der Waals surface area contributed by atoms with Gasteiger partial charge in [0.2, 0.25) is 0 Å². The van der Waals surface area contributed by atoms with Gasteiger partial charge in [0.05, 0.1) is 11.6 Å². The van der Waals surface area contributed by atoms with Crippen LogP contribution in [0.5, 0.6) is 0 Å². The van der Waals surface area contributed by atoms with Gasteiger partial charge in [-0.2, -0.15) is 10.2 Å². The van der Waals surface area contributed by atoms with E-state index in [1.54, 1.807) is 30.5 Å². The molecule has 2 aromatic carbocycles. The molecule has 1 heterocycles. The third-order valence-corrected chi connectivity index (χ3v) is 4.31. The predicted octanol–water partition coefficient (Wildman–Crippen LogP) is 2.53. The molecular formula is C20H21N5O2. The minimum absolute atomic E-state index is 0.124. The van der Waals surface area contributed by atoms with Crippen LogP contribution in [0, 0.1) is 0 Å². The molecular weight excluding hydrogens is 342 g/mol. The lowest BCUT2D eigenvalue weighted by Crippen LogP contribution is -2.22. The number of hydrazone groups is 1. The van der Waals surface area contributed by atoms with Gasteiger partial charge in [0.15, 0.2) is 5.69 Å². The number of carbonyl (C=O) groups is 1. The van der Waals surface area contributed by atoms with Crippen LogP contribution >= 0.6 is 0 Å². The molecule has 7 heteroatoms. The number of hydrogen-bond donors (Lipinski definition) is 2. The molecule has 2 N–H and O–H groups in total. The summed E-state index contributed by atoms with van der Waals surface area (Å²) in [5.41, 5.74) is 4.25. The van der Waals surface area contributed by atoms with E-state index in [0.29, 0.717) is 10.8 Å². The summed E-state index contributed by atoms with van der Waals surface area (Å²) in [6.45, 7) is 6.12. The monoisotopic (exact) mass is 363 g/mol. The Balaban J connectivity index is 1.73. The molecule has 27 heavy (non-hydrogen) atoms. The highest BCUT2D eigenvalue weighted by Gasteiger charge is 2.13. The summed E-state index contributed by atoms with van der Waals surface area (Å²) < 4.78 is 0. The lowest BCUT2D eigenvalue weighted by Gasteiger charge is -2.20. The molecule has 3 rings (SSSR count). The fourth-order valence-corrected chi connectivity index (χ4v) is 2.87. The molecule has 3 aromatic rings. The Bertz CT molecular complexity index is 1020. The number of fused-ring (bicyclic) bond motifs is 1. The lowest BCUT2D eigenvalue weighted by molar-refractivity contribution is 0.0951. The van der Waals surface area contributed by atoms with Crippen LogP contribution in [-0.2, 0) is 0 Å². The molecule has 0 bridgehead atoms. The minimum Gasteiger partial charge on any atom is -0.372 e. The van der Waals surface area contributed by atoms with Gasteiger partial charge in [0, 0.05) is 24.2 Å². The van der Waals surface area contributed by atoms with E-state index in [4.69, 9.17) is 0 Å². The second-order valence-electron chi connectivity index (χ2n) is 5.91. The second-order valence-corrected chi connectivity index (χ2v) is 5.91. The van der Waals surface area contributed by atoms with Crippen LogP contribution in [0.25, 0.3) is 10.8 Å². The van der Waals surface area contributed by atoms with Crippen LogP contribution < -0.4 is 15.9 Å². The summed E-state index contributed by atoms with van der Waals surface area (Å²) in [6, 6.07) is 14.7. The summed E-state index contributed by atoms with van der Waals surface area (Å²) in [4.78, 5) is 26.4. The zero-order valence-electron chi connectivity index (χ0n) is 15.3. The number of anilines is 1. The van der Waals surface area contributed by atoms with Crippen molar-refractivity contribution in [3.8, 4) is 0 Å². The third kappa shape index (κ3) is 4.03. The van der Waals surface area contributed by atoms with Gasteiger partial charge in [-0.15, -0.1) is 0 Å². The van der Waals surface area contributed by atoms with Crippen LogP contribution in [-0.4, -0.2) is 35.4 Å². The standard InChI is InChI=1S/C20H21N5O2/c1-3-25(4-2)15-11-9-14(10-12-15)13-21-23-20(27)18-16-7-5-6-8-17(16)19(26)24-22-18/h5-13H,3-4H2,1-2H3,(H,23,27)(H,24,26)/b21-13+. The molecule has 0 aliphatic heterocycles. The van der Waals surface area contributed by atoms with Gasteiger partial charge < -0.3 is 4.90 Å². The summed E-state index contributed by atoms with van der Waals surface area (Å²) >= 11 is 0. The molecule has 0 saturated heterocycles. The van der Waals surface area contributed by atoms with E-state index in [2.05, 4.69) is 39.5 Å². The number of nitrogens with zero attached hydrogens (tertiary/aromatic N) is 3. The average Bonchev–Trinajstić information content (AvgIpc) is 2.70. The van der Waals surface area contributed by atoms with Gasteiger partial charge in [-0.05, 0) is 37.6 Å². The molecule has 1 aromatic heterocycles. The van der Waals surface area contributed by atoms with Crippen LogP contribution in [0.2, 0.25) is 0 Å². The maximum Gasteiger partial charge on any atom is 0.292 e. The van der Waals surface area contributed by atoms with Crippen molar-refractivity contribution in [2.24, 2.45) is 5.10 Å². The highest BCUT2D eigenvalue weighted by atomic mass is 16.2. The Morgan fingerprint density at radius 3 is 2.44 bits per heavy atom. The Morgan fingerprint density at radius 2 is 1.78 bits per heavy atom. The number of aromatic amines is 1. The van der Waals surface area contributed by atoms with Crippen LogP contribution in [0.1, 0.15) is 29.9 Å². The SMILES string of the molecule is CCN(CC)c1ccc(/C=N/NC(=O)c2n[nH]c(=O)c3ccccc23)cc1. The van der Waals surface area contributed by atoms with E-state index >= 15 is 0 Å². The summed E-state index contributed by atoms with van der Waals surface area (Å²) in [5, 5.41) is 11.1. The van der Waals surface area contributed by atoms with Gasteiger partial charge in [-0.3, -0.25) is 9.59 Å². The number of benzene rings is 2. The Morgan fingerprint density at radius 1 is 1.11 bits per heavy atom. The number of hydrogen-bond acceptors (Lipinski definition) is 5. The number of aromatic nitrogens is 2. The maximum absolute atomic E-state index is 12.4. The normalized spacial score (nSPS) is 11.0. The highest BCUT2D eigenvalue weighted by Crippen LogP contribution is 2.14. The molecule has 0 aliphatic carbocycles. The first-order chi connectivity index (χ1) is 13.1. The Labute approximate surface area is 156 Å². The van der Waals surface area contributed by atoms with Crippen molar-refractivity contribution in [3.63, 3.8) is 0 Å². The average molecular weight is 363 g/mol. The van der Waals surface area contributed by atoms with Crippen molar-refractivity contribution >= 4 is 28.6 Å². The number of rotatable bonds is 6. The van der Waals surface area contributed by atoms with Gasteiger partial charge in [0.25, 0.3) is 11.5 Å². The van der Waals surface area contributed by atoms with E-state index in [1.807, 2.05) is 24.3 Å². The van der Waals surface area contributed by atoms with Crippen LogP contribution in [0.3, 0.4) is 0 Å². The molecule has 0 fully saturated rings. The van der Waals surface area contributed by atoms with Gasteiger partial charge in [0.1, 0.15) is 0 Å². The van der Waals surface area contributed by atoms with Crippen molar-refractivity contribution in [1.29, 1.82) is 0 Å². The van der Waals surface area contributed by atoms with E-state index in [1.165, 1.54) is 0 Å². The van der Waals surface area contributed by atoms with Crippen molar-refractivity contribution in [2.45, 2.75) is 13.8 Å². The van der Waals surface area contributed by atoms with Gasteiger partial charge in [-0.1, -0.05) is 30.3 Å². The lowest BCUT2D eigenvalue weighted by atomic mass is 10.1. The smallest absolute Gasteiger partial charge is 0.292 e. The zero-order valence-corrected chi connectivity index (χ0v) is 15.3. The van der Waals surface area contributed by atoms with Gasteiger partial charge >= 0.3 is 0 Å². The molecule has 0 saturated carbocycles. The second kappa shape index (κ2) is 8.27. The topological polar surface area (TPSA) is 90.4 Å². The number of H-pyrrole nitrogens is 1. The number of amides is 1. The predicted molar refractivity (Wildman–Crippen MR) is 107 cm³/mol. The molecule has 0 atom stereocenters. The van der Waals surface area contributed by atoms with Crippen molar-refractivity contribution < 1.29 is 4.79 Å². The number of nitrogens with one attached hydrogen (secondary N) is 2. The molecule has 0 unspecified atom stereocenters. The van der Waals surface area contributed by atoms with E-state index in [9.17, 15) is 9.59 Å². The minimum atomic E-state index is -0.488. The Hall–Kier alpha value is -3.48. The Kier molecular flexibility index (Phi) is 5.61. The zero-order chi connectivity index (χ0) is 19.2. The third-order valence-electron chi connectivity index (χ3n) is 4.31. The first-order valence-corrected chi connectivity index (χ1v) is 8.79. The summed E-state index contributed by atoms with van der Waals surface area (Å²) in [7, 11) is 0.